The van der Waals surface area contributed by atoms with E-state index in [1.165, 1.54) is 13.2 Å². The molecule has 58 heavy (non-hydrogen) atoms. The van der Waals surface area contributed by atoms with Crippen LogP contribution in [0.25, 0.3) is 0 Å². The number of hydrogen-bond acceptors (Lipinski definition) is 13. The highest BCUT2D eigenvalue weighted by Gasteiger charge is 2.70. The molecule has 0 saturated carbocycles. The number of aromatic carboxylic acids is 1. The number of aryl methyl sites for hydroxylation is 1. The van der Waals surface area contributed by atoms with Crippen molar-refractivity contribution in [2.24, 2.45) is 35.5 Å². The first-order chi connectivity index (χ1) is 27.0. The van der Waals surface area contributed by atoms with E-state index in [4.69, 9.17) is 40.0 Å². The quantitative estimate of drug-likeness (QED) is 0.126. The van der Waals surface area contributed by atoms with Crippen molar-refractivity contribution in [3.8, 4) is 5.75 Å². The molecule has 4 aliphatic heterocycles. The number of aliphatic hydroxyl groups excluding tert-OH is 3. The zero-order valence-corrected chi connectivity index (χ0v) is 36.2. The maximum Gasteiger partial charge on any atom is 0.339 e. The lowest BCUT2D eigenvalue weighted by atomic mass is 9.74. The molecule has 0 amide bonds. The van der Waals surface area contributed by atoms with E-state index in [0.29, 0.717) is 12.0 Å². The smallest absolute Gasteiger partial charge is 0.339 e. The minimum Gasteiger partial charge on any atom is -0.507 e. The van der Waals surface area contributed by atoms with Gasteiger partial charge in [-0.15, -0.1) is 0 Å². The molecule has 0 aliphatic carbocycles. The highest BCUT2D eigenvalue weighted by Crippen LogP contribution is 2.56. The molecule has 5 N–H and O–H groups in total. The van der Waals surface area contributed by atoms with Crippen molar-refractivity contribution >= 4 is 29.3 Å². The molecule has 3 fully saturated rings. The van der Waals surface area contributed by atoms with Crippen LogP contribution < -0.4 is 0 Å². The number of carboxylic acid groups (broad SMARTS) is 1. The van der Waals surface area contributed by atoms with E-state index in [0.717, 1.165) is 0 Å². The van der Waals surface area contributed by atoms with Gasteiger partial charge in [-0.3, -0.25) is 4.79 Å². The van der Waals surface area contributed by atoms with Gasteiger partial charge in [-0.2, -0.15) is 0 Å². The van der Waals surface area contributed by atoms with Crippen molar-refractivity contribution in [1.29, 1.82) is 0 Å². The Hall–Kier alpha value is -2.66. The summed E-state index contributed by atoms with van der Waals surface area (Å²) in [7, 11) is 1.51. The topological polar surface area (TPSA) is 208 Å². The zero-order chi connectivity index (χ0) is 43.4. The first-order valence-corrected chi connectivity index (χ1v) is 20.8. The Bertz CT molecular complexity index is 1740. The molecule has 0 aromatic heterocycles. The van der Waals surface area contributed by atoms with Crippen LogP contribution in [0.4, 0.5) is 0 Å². The third kappa shape index (κ3) is 7.98. The number of benzene rings is 1. The van der Waals surface area contributed by atoms with Crippen LogP contribution in [0, 0.1) is 42.4 Å². The fourth-order valence-electron chi connectivity index (χ4n) is 10.3. The Labute approximate surface area is 346 Å². The third-order valence-electron chi connectivity index (χ3n) is 13.5. The summed E-state index contributed by atoms with van der Waals surface area (Å²) in [4.78, 5) is 39.0. The Morgan fingerprint density at radius 2 is 1.72 bits per heavy atom. The molecule has 5 rings (SSSR count). The van der Waals surface area contributed by atoms with Gasteiger partial charge in [-0.05, 0) is 80.7 Å². The molecule has 1 aromatic carbocycles. The van der Waals surface area contributed by atoms with Gasteiger partial charge < -0.3 is 54.0 Å². The van der Waals surface area contributed by atoms with Crippen LogP contribution in [-0.4, -0.2) is 117 Å². The van der Waals surface area contributed by atoms with Crippen molar-refractivity contribution < 1.29 is 68.3 Å². The third-order valence-corrected chi connectivity index (χ3v) is 13.8. The number of ketones is 1. The predicted molar refractivity (Wildman–Crippen MR) is 211 cm³/mol. The molecule has 1 aromatic rings. The first kappa shape index (κ1) is 46.4. The lowest BCUT2D eigenvalue weighted by Crippen LogP contribution is -2.64. The maximum absolute atomic E-state index is 14.3. The molecule has 326 valence electrons. The van der Waals surface area contributed by atoms with Crippen LogP contribution >= 0.6 is 11.6 Å². The molecule has 17 atom stereocenters. The van der Waals surface area contributed by atoms with Crippen molar-refractivity contribution in [3.05, 3.63) is 39.9 Å². The minimum absolute atomic E-state index is 0.0417. The number of hydrogen-bond donors (Lipinski definition) is 5. The number of halogens is 1. The Balaban J connectivity index is 1.35. The summed E-state index contributed by atoms with van der Waals surface area (Å²) >= 11 is 6.50. The fraction of sp³-hybridized carbons (Fsp3) is 0.744. The molecule has 3 saturated heterocycles. The largest absolute Gasteiger partial charge is 0.507 e. The lowest BCUT2D eigenvalue weighted by molar-refractivity contribution is -0.414. The van der Waals surface area contributed by atoms with E-state index in [1.54, 1.807) is 60.6 Å². The Kier molecular flexibility index (Phi) is 13.9. The highest BCUT2D eigenvalue weighted by molar-refractivity contribution is 6.32. The number of aliphatic hydroxyl groups is 3. The normalized spacial score (nSPS) is 38.7. The maximum atomic E-state index is 14.3. The van der Waals surface area contributed by atoms with E-state index in [1.807, 2.05) is 20.8 Å². The molecule has 14 nitrogen and oxygen atoms in total. The number of carbonyl (C=O) groups excluding carboxylic acids is 2. The number of carboxylic acids is 1. The number of ether oxygens (including phenoxy) is 6. The van der Waals surface area contributed by atoms with Crippen molar-refractivity contribution in [2.45, 2.75) is 154 Å². The van der Waals surface area contributed by atoms with Gasteiger partial charge in [0.25, 0.3) is 0 Å². The summed E-state index contributed by atoms with van der Waals surface area (Å²) in [6.07, 6.45) is -2.84. The number of methoxy groups -OCH3 is 1. The molecular weight excluding hydrogens is 776 g/mol. The van der Waals surface area contributed by atoms with Gasteiger partial charge in [0, 0.05) is 42.2 Å². The average Bonchev–Trinajstić information content (AvgIpc) is 3.66. The second kappa shape index (κ2) is 17.4. The van der Waals surface area contributed by atoms with Crippen LogP contribution in [-0.2, 0) is 38.0 Å². The fourth-order valence-corrected chi connectivity index (χ4v) is 10.7. The highest BCUT2D eigenvalue weighted by atomic mass is 35.5. The summed E-state index contributed by atoms with van der Waals surface area (Å²) < 4.78 is 37.8. The second-order valence-corrected chi connectivity index (χ2v) is 18.0. The van der Waals surface area contributed by atoms with Crippen molar-refractivity contribution in [1.82, 2.24) is 0 Å². The van der Waals surface area contributed by atoms with Crippen LogP contribution in [0.5, 0.6) is 5.75 Å². The molecular formula is C43H63ClO14. The van der Waals surface area contributed by atoms with Crippen LogP contribution in [0.1, 0.15) is 109 Å². The van der Waals surface area contributed by atoms with E-state index in [9.17, 15) is 39.9 Å². The SMILES string of the molecule is CCOC(=O)[C@@H]1O[C@H]([C@]2(C)O[C@]3(O[C@]4(C=C[C@@H]3O)O[C@H]([C@H](C)C(=O)[C@H](C)[C@H](O)[C@H](C)C[C@H](C)c3c(Cl)cc(C)c(O)c3C(=O)O)[C@H](C)C[C@@H]4C)[C@H](C)[C@@H]2OC)C[C@H]1O. The summed E-state index contributed by atoms with van der Waals surface area (Å²) in [5, 5.41) is 54.7. The van der Waals surface area contributed by atoms with Gasteiger partial charge in [0.15, 0.2) is 11.9 Å². The van der Waals surface area contributed by atoms with Gasteiger partial charge >= 0.3 is 11.9 Å². The molecule has 0 radical (unpaired) electrons. The standard InChI is InChI=1S/C43H63ClO14/c1-12-54-40(52)37-28(45)18-30(55-37)41(10)38(53-11)26(9)43(57-41)29(46)13-14-42(58-43)23(6)16-22(5)36(56-42)25(8)35(49)24(7)33(47)20(3)15-19(2)31-27(44)17-21(4)34(48)32(31)39(50)51/h13-14,17,19-20,22-26,28-30,33,36-38,45-48H,12,15-16,18H2,1-11H3,(H,50,51)/t19-,20+,22+,23-,24+,25+,26+,28+,29-,30-,33+,36-,37+,38-,41-,42-,43-/m0/s1. The van der Waals surface area contributed by atoms with E-state index in [-0.39, 0.29) is 59.0 Å². The summed E-state index contributed by atoms with van der Waals surface area (Å²) in [6, 6.07) is 1.52. The number of phenols is 1. The molecule has 4 aliphatic rings. The number of esters is 1. The summed E-state index contributed by atoms with van der Waals surface area (Å²) in [5.74, 6) is -9.24. The molecule has 0 bridgehead atoms. The Morgan fingerprint density at radius 3 is 2.33 bits per heavy atom. The van der Waals surface area contributed by atoms with Gasteiger partial charge in [-0.25, -0.2) is 9.59 Å². The first-order valence-electron chi connectivity index (χ1n) is 20.5. The van der Waals surface area contributed by atoms with Gasteiger partial charge in [-0.1, -0.05) is 60.1 Å². The second-order valence-electron chi connectivity index (χ2n) is 17.6. The van der Waals surface area contributed by atoms with E-state index in [2.05, 4.69) is 0 Å². The molecule has 0 unspecified atom stereocenters. The van der Waals surface area contributed by atoms with Crippen LogP contribution in [0.15, 0.2) is 18.2 Å². The predicted octanol–water partition coefficient (Wildman–Crippen LogP) is 5.31. The van der Waals surface area contributed by atoms with Crippen molar-refractivity contribution in [2.75, 3.05) is 13.7 Å². The van der Waals surface area contributed by atoms with Gasteiger partial charge in [0.05, 0.1) is 37.1 Å². The monoisotopic (exact) mass is 838 g/mol. The molecule has 2 spiro atoms. The number of rotatable bonds is 13. The summed E-state index contributed by atoms with van der Waals surface area (Å²) in [5.41, 5.74) is -0.978. The minimum atomic E-state index is -1.72. The van der Waals surface area contributed by atoms with Crippen molar-refractivity contribution in [3.63, 3.8) is 0 Å². The number of carbonyl (C=O) groups is 3. The molecule has 4 heterocycles. The number of aromatic hydroxyl groups is 1. The number of Topliss-reactive ketones (excluding diaryl/α,β-unsaturated/α-hetero) is 1. The Morgan fingerprint density at radius 1 is 1.07 bits per heavy atom. The summed E-state index contributed by atoms with van der Waals surface area (Å²) in [6.45, 7) is 17.9. The average molecular weight is 839 g/mol. The molecule has 15 heteroatoms. The zero-order valence-electron chi connectivity index (χ0n) is 35.4. The van der Waals surface area contributed by atoms with Gasteiger partial charge in [0.1, 0.15) is 28.8 Å². The van der Waals surface area contributed by atoms with E-state index < -0.39 is 101 Å². The van der Waals surface area contributed by atoms with Crippen LogP contribution in [0.2, 0.25) is 5.02 Å². The van der Waals surface area contributed by atoms with E-state index >= 15 is 0 Å². The van der Waals surface area contributed by atoms with Gasteiger partial charge in [0.2, 0.25) is 5.79 Å². The lowest BCUT2D eigenvalue weighted by Gasteiger charge is -2.54. The van der Waals surface area contributed by atoms with Crippen LogP contribution in [0.3, 0.4) is 0 Å².